The molecule has 3 amide bonds. The molecule has 0 atom stereocenters. The van der Waals surface area contributed by atoms with Crippen LogP contribution in [0, 0.1) is 0 Å². The minimum atomic E-state index is -5.02. The largest absolute Gasteiger partial charge is 0.322 e. The molecule has 6 aromatic rings. The maximum Gasteiger partial charge on any atom is 0.295 e. The number of nitrogens with one attached hydrogen (secondary N) is 3. The molecule has 0 spiro atoms. The first kappa shape index (κ1) is 44.7. The molecule has 26 heteroatoms. The van der Waals surface area contributed by atoms with Crippen molar-refractivity contribution in [1.82, 2.24) is 0 Å². The van der Waals surface area contributed by atoms with Crippen molar-refractivity contribution >= 4 is 109 Å². The Kier molecular flexibility index (Phi) is 12.4. The second kappa shape index (κ2) is 16.9. The lowest BCUT2D eigenvalue weighted by Gasteiger charge is -2.13. The molecule has 0 aliphatic rings. The average Bonchev–Trinajstić information content (AvgIpc) is 3.17. The van der Waals surface area contributed by atoms with Crippen LogP contribution in [0.25, 0.3) is 21.5 Å². The number of amides is 3. The van der Waals surface area contributed by atoms with Crippen molar-refractivity contribution in [2.45, 2.75) is 24.5 Å². The molecule has 0 saturated carbocycles. The van der Waals surface area contributed by atoms with Crippen LogP contribution in [0.5, 0.6) is 0 Å². The van der Waals surface area contributed by atoms with Gasteiger partial charge in [-0.05, 0) is 102 Å². The Morgan fingerprint density at radius 1 is 0.459 bits per heavy atom. The minimum Gasteiger partial charge on any atom is -0.322 e. The molecule has 0 fully saturated rings. The standard InChI is InChI=1S/C35H25N3O18S5/c39-33(36-23-1-5-27(6-2-23)58(43,44)45)20-9-21(34(40)37-24-3-7-29-18(12-24)14-26(57-56-55-42)16-31(29)60(49,50)51)11-22(10-20)35(41)38-25-4-8-30-19(13-25)15-28(59(46,47)48)17-32(30)61(52,53)54/h1-17,42H,(H,36,39)(H,37,40)(H,38,41)(H,43,44,45)(H,46,47,48)(H,49,50,51)(H,52,53,54). The Labute approximate surface area is 348 Å². The molecule has 0 aliphatic carbocycles. The van der Waals surface area contributed by atoms with Crippen LogP contribution in [0.1, 0.15) is 31.1 Å². The fourth-order valence-corrected chi connectivity index (χ4v) is 8.89. The minimum absolute atomic E-state index is 0.00845. The quantitative estimate of drug-likeness (QED) is 0.0320. The first-order valence-corrected chi connectivity index (χ1v) is 22.8. The number of carbonyl (C=O) groups excluding carboxylic acids is 3. The van der Waals surface area contributed by atoms with Gasteiger partial charge < -0.3 is 16.0 Å². The van der Waals surface area contributed by atoms with Gasteiger partial charge in [-0.25, -0.2) is 5.26 Å². The van der Waals surface area contributed by atoms with E-state index in [-0.39, 0.29) is 60.2 Å². The summed E-state index contributed by atoms with van der Waals surface area (Å²) in [5.74, 6) is -2.84. The third-order valence-corrected chi connectivity index (χ3v) is 12.5. The summed E-state index contributed by atoms with van der Waals surface area (Å²) in [6, 6.07) is 18.5. The molecule has 0 unspecified atom stereocenters. The normalized spacial score (nSPS) is 12.3. The van der Waals surface area contributed by atoms with E-state index < -0.39 is 77.8 Å². The predicted octanol–water partition coefficient (Wildman–Crippen LogP) is 5.17. The molecule has 8 N–H and O–H groups in total. The number of hydrogen-bond donors (Lipinski definition) is 8. The van der Waals surface area contributed by atoms with E-state index in [0.717, 1.165) is 66.7 Å². The molecule has 0 bridgehead atoms. The Bertz CT molecular complexity index is 3270. The summed E-state index contributed by atoms with van der Waals surface area (Å²) in [4.78, 5) is 38.2. The smallest absolute Gasteiger partial charge is 0.295 e. The van der Waals surface area contributed by atoms with Crippen molar-refractivity contribution < 1.29 is 80.9 Å². The topological polar surface area (TPSA) is 343 Å². The van der Waals surface area contributed by atoms with E-state index in [1.54, 1.807) is 0 Å². The van der Waals surface area contributed by atoms with E-state index in [1.807, 2.05) is 0 Å². The van der Waals surface area contributed by atoms with Crippen LogP contribution < -0.4 is 16.0 Å². The van der Waals surface area contributed by atoms with Gasteiger partial charge in [-0.3, -0.25) is 32.6 Å². The van der Waals surface area contributed by atoms with Gasteiger partial charge in [-0.15, -0.1) is 4.33 Å². The van der Waals surface area contributed by atoms with Crippen LogP contribution in [0.15, 0.2) is 128 Å². The lowest BCUT2D eigenvalue weighted by molar-refractivity contribution is -0.432. The van der Waals surface area contributed by atoms with Crippen LogP contribution in [-0.4, -0.2) is 74.9 Å². The highest BCUT2D eigenvalue weighted by Gasteiger charge is 2.23. The SMILES string of the molecule is O=C(Nc1ccc(S(=O)(=O)O)cc1)c1cc(C(=O)Nc2ccc3c(S(=O)(=O)O)cc(SOOO)cc3c2)cc(C(=O)Nc2ccc3c(S(=O)(=O)O)cc(S(=O)(=O)O)cc3c2)c1. The van der Waals surface area contributed by atoms with E-state index in [0.29, 0.717) is 18.1 Å². The van der Waals surface area contributed by atoms with E-state index in [4.69, 9.17) is 5.26 Å². The van der Waals surface area contributed by atoms with Crippen LogP contribution in [-0.2, 0) is 49.8 Å². The lowest BCUT2D eigenvalue weighted by atomic mass is 10.0. The van der Waals surface area contributed by atoms with E-state index in [2.05, 4.69) is 25.3 Å². The van der Waals surface area contributed by atoms with Crippen LogP contribution in [0.4, 0.5) is 17.1 Å². The molecule has 0 aliphatic heterocycles. The Morgan fingerprint density at radius 2 is 0.869 bits per heavy atom. The fourth-order valence-electron chi connectivity index (χ4n) is 5.79. The average molecular weight is 936 g/mol. The van der Waals surface area contributed by atoms with Gasteiger partial charge in [-0.1, -0.05) is 17.2 Å². The van der Waals surface area contributed by atoms with Crippen LogP contribution >= 0.6 is 12.0 Å². The number of rotatable bonds is 13. The predicted molar refractivity (Wildman–Crippen MR) is 215 cm³/mol. The van der Waals surface area contributed by atoms with Crippen molar-refractivity contribution in [3.05, 3.63) is 120 Å². The molecule has 0 aromatic heterocycles. The van der Waals surface area contributed by atoms with Gasteiger partial charge in [0, 0.05) is 49.4 Å². The molecular formula is C35H25N3O18S5. The van der Waals surface area contributed by atoms with Gasteiger partial charge >= 0.3 is 0 Å². The van der Waals surface area contributed by atoms with Crippen molar-refractivity contribution in [1.29, 1.82) is 0 Å². The molecule has 21 nitrogen and oxygen atoms in total. The third-order valence-electron chi connectivity index (χ3n) is 8.44. The van der Waals surface area contributed by atoms with Gasteiger partial charge in [-0.2, -0.15) is 33.7 Å². The monoisotopic (exact) mass is 935 g/mol. The third kappa shape index (κ3) is 10.5. The molecule has 0 saturated heterocycles. The summed E-state index contributed by atoms with van der Waals surface area (Å²) in [6.07, 6.45) is 0. The first-order valence-electron chi connectivity index (χ1n) is 16.3. The number of anilines is 3. The first-order chi connectivity index (χ1) is 28.4. The molecular weight excluding hydrogens is 911 g/mol. The maximum absolute atomic E-state index is 13.8. The van der Waals surface area contributed by atoms with Gasteiger partial charge in [0.25, 0.3) is 58.2 Å². The number of hydrogen-bond acceptors (Lipinski definition) is 15. The number of fused-ring (bicyclic) bond motifs is 2. The second-order valence-electron chi connectivity index (χ2n) is 12.5. The fraction of sp³-hybridized carbons (Fsp3) is 0. The Morgan fingerprint density at radius 3 is 1.30 bits per heavy atom. The molecule has 6 rings (SSSR count). The summed E-state index contributed by atoms with van der Waals surface area (Å²) < 4.78 is 138. The van der Waals surface area contributed by atoms with E-state index in [9.17, 15) is 66.3 Å². The molecule has 0 heterocycles. The van der Waals surface area contributed by atoms with Crippen molar-refractivity contribution in [2.24, 2.45) is 0 Å². The second-order valence-corrected chi connectivity index (χ2v) is 18.9. The summed E-state index contributed by atoms with van der Waals surface area (Å²) in [6.45, 7) is 0. The molecule has 61 heavy (non-hydrogen) atoms. The zero-order valence-electron chi connectivity index (χ0n) is 29.9. The van der Waals surface area contributed by atoms with Crippen LogP contribution in [0.3, 0.4) is 0 Å². The summed E-state index contributed by atoms with van der Waals surface area (Å²) in [7, 11) is -19.4. The van der Waals surface area contributed by atoms with E-state index >= 15 is 0 Å². The van der Waals surface area contributed by atoms with Gasteiger partial charge in [0.15, 0.2) is 0 Å². The molecule has 6 aromatic carbocycles. The van der Waals surface area contributed by atoms with Crippen molar-refractivity contribution in [3.63, 3.8) is 0 Å². The summed E-state index contributed by atoms with van der Waals surface area (Å²) in [5, 5.41) is 19.3. The summed E-state index contributed by atoms with van der Waals surface area (Å²) in [5.41, 5.74) is -1.00. The van der Waals surface area contributed by atoms with Gasteiger partial charge in [0.2, 0.25) is 0 Å². The van der Waals surface area contributed by atoms with Gasteiger partial charge in [0.1, 0.15) is 9.79 Å². The highest BCUT2D eigenvalue weighted by molar-refractivity contribution is 7.94. The summed E-state index contributed by atoms with van der Waals surface area (Å²) >= 11 is 0.380. The Balaban J connectivity index is 1.38. The van der Waals surface area contributed by atoms with Gasteiger partial charge in [0.05, 0.1) is 21.8 Å². The molecule has 0 radical (unpaired) electrons. The number of benzene rings is 6. The van der Waals surface area contributed by atoms with E-state index in [1.165, 1.54) is 30.3 Å². The van der Waals surface area contributed by atoms with Crippen LogP contribution in [0.2, 0.25) is 0 Å². The zero-order chi connectivity index (χ0) is 44.7. The molecule has 318 valence electrons. The maximum atomic E-state index is 13.8. The number of carbonyl (C=O) groups is 3. The van der Waals surface area contributed by atoms with Crippen molar-refractivity contribution in [3.8, 4) is 0 Å². The van der Waals surface area contributed by atoms with Crippen molar-refractivity contribution in [2.75, 3.05) is 16.0 Å². The zero-order valence-corrected chi connectivity index (χ0v) is 34.0. The lowest BCUT2D eigenvalue weighted by Crippen LogP contribution is -2.19. The highest BCUT2D eigenvalue weighted by Crippen LogP contribution is 2.33. The Hall–Kier alpha value is -5.88. The highest BCUT2D eigenvalue weighted by atomic mass is 32.2.